The molecule has 148 valence electrons. The molecule has 4 rings (SSSR count). The second-order valence-corrected chi connectivity index (χ2v) is 8.04. The number of aliphatic hydroxyl groups is 1. The summed E-state index contributed by atoms with van der Waals surface area (Å²) in [7, 11) is 0. The van der Waals surface area contributed by atoms with Crippen molar-refractivity contribution in [2.45, 2.75) is 44.0 Å². The Kier molecular flexibility index (Phi) is 4.70. The fourth-order valence-electron chi connectivity index (χ4n) is 4.22. The SMILES string of the molecule is O=C([C@H](O)C(F)(F)F)N1CC2(CC2)C[C@@H]1Cc1cccc(-c2ccccc2)c1. The van der Waals surface area contributed by atoms with E-state index in [4.69, 9.17) is 0 Å². The molecule has 28 heavy (non-hydrogen) atoms. The molecule has 1 aliphatic carbocycles. The van der Waals surface area contributed by atoms with E-state index in [1.165, 1.54) is 4.90 Å². The standard InChI is InChI=1S/C22H22F3NO2/c23-22(24,25)19(27)20(28)26-14-21(9-10-21)13-18(26)12-15-5-4-8-17(11-15)16-6-2-1-3-7-16/h1-8,11,18-19,27H,9-10,12-14H2/t18-,19-/m0/s1. The highest BCUT2D eigenvalue weighted by Crippen LogP contribution is 2.55. The summed E-state index contributed by atoms with van der Waals surface area (Å²) in [5, 5.41) is 9.47. The summed E-state index contributed by atoms with van der Waals surface area (Å²) < 4.78 is 38.6. The Balaban J connectivity index is 1.55. The molecule has 0 aromatic heterocycles. The van der Waals surface area contributed by atoms with E-state index in [0.29, 0.717) is 19.4 Å². The van der Waals surface area contributed by atoms with E-state index in [-0.39, 0.29) is 11.5 Å². The summed E-state index contributed by atoms with van der Waals surface area (Å²) >= 11 is 0. The van der Waals surface area contributed by atoms with Gasteiger partial charge in [-0.15, -0.1) is 0 Å². The number of carbonyl (C=O) groups excluding carboxylic acids is 1. The first-order chi connectivity index (χ1) is 13.3. The highest BCUT2D eigenvalue weighted by Gasteiger charge is 2.56. The lowest BCUT2D eigenvalue weighted by Crippen LogP contribution is -2.48. The van der Waals surface area contributed by atoms with Crippen LogP contribution < -0.4 is 0 Å². The lowest BCUT2D eigenvalue weighted by atomic mass is 9.96. The lowest BCUT2D eigenvalue weighted by Gasteiger charge is -2.28. The molecule has 1 heterocycles. The lowest BCUT2D eigenvalue weighted by molar-refractivity contribution is -0.211. The van der Waals surface area contributed by atoms with Crippen molar-refractivity contribution in [2.24, 2.45) is 5.41 Å². The molecule has 2 atom stereocenters. The summed E-state index contributed by atoms with van der Waals surface area (Å²) in [5.74, 6) is -1.22. The maximum atomic E-state index is 12.9. The maximum Gasteiger partial charge on any atom is 0.423 e. The zero-order valence-corrected chi connectivity index (χ0v) is 15.3. The quantitative estimate of drug-likeness (QED) is 0.852. The van der Waals surface area contributed by atoms with Crippen LogP contribution in [0.1, 0.15) is 24.8 Å². The average molecular weight is 389 g/mol. The van der Waals surface area contributed by atoms with Gasteiger partial charge in [-0.3, -0.25) is 4.79 Å². The molecule has 2 aromatic carbocycles. The van der Waals surface area contributed by atoms with Crippen molar-refractivity contribution in [3.8, 4) is 11.1 Å². The van der Waals surface area contributed by atoms with Gasteiger partial charge in [0.15, 0.2) is 0 Å². The predicted octanol–water partition coefficient (Wildman–Crippen LogP) is 4.20. The van der Waals surface area contributed by atoms with Gasteiger partial charge in [-0.25, -0.2) is 0 Å². The molecule has 1 spiro atoms. The Labute approximate surface area is 161 Å². The van der Waals surface area contributed by atoms with Crippen LogP contribution in [0.15, 0.2) is 54.6 Å². The van der Waals surface area contributed by atoms with Gasteiger partial charge in [0.05, 0.1) is 0 Å². The largest absolute Gasteiger partial charge is 0.423 e. The minimum Gasteiger partial charge on any atom is -0.376 e. The Morgan fingerprint density at radius 2 is 1.79 bits per heavy atom. The molecule has 2 aliphatic rings. The molecule has 1 saturated heterocycles. The van der Waals surface area contributed by atoms with Gasteiger partial charge in [-0.05, 0) is 47.8 Å². The van der Waals surface area contributed by atoms with Crippen LogP contribution in [-0.4, -0.2) is 40.8 Å². The molecule has 2 aromatic rings. The number of halogens is 3. The van der Waals surface area contributed by atoms with Crippen molar-refractivity contribution in [1.82, 2.24) is 4.90 Å². The smallest absolute Gasteiger partial charge is 0.376 e. The maximum absolute atomic E-state index is 12.9. The number of aliphatic hydroxyl groups excluding tert-OH is 1. The van der Waals surface area contributed by atoms with Crippen LogP contribution in [0.25, 0.3) is 11.1 Å². The van der Waals surface area contributed by atoms with Crippen molar-refractivity contribution in [3.63, 3.8) is 0 Å². The number of hydrogen-bond donors (Lipinski definition) is 1. The number of rotatable bonds is 4. The molecule has 1 amide bonds. The van der Waals surface area contributed by atoms with Gasteiger partial charge >= 0.3 is 6.18 Å². The Morgan fingerprint density at radius 1 is 1.11 bits per heavy atom. The number of benzene rings is 2. The number of nitrogens with zero attached hydrogens (tertiary/aromatic N) is 1. The Morgan fingerprint density at radius 3 is 2.43 bits per heavy atom. The van der Waals surface area contributed by atoms with Crippen molar-refractivity contribution in [1.29, 1.82) is 0 Å². The van der Waals surface area contributed by atoms with Gasteiger partial charge in [0.1, 0.15) is 0 Å². The number of hydrogen-bond acceptors (Lipinski definition) is 2. The summed E-state index contributed by atoms with van der Waals surface area (Å²) in [6.45, 7) is 0.308. The van der Waals surface area contributed by atoms with Crippen LogP contribution in [0.2, 0.25) is 0 Å². The first-order valence-electron chi connectivity index (χ1n) is 9.47. The third-order valence-corrected chi connectivity index (χ3v) is 5.90. The van der Waals surface area contributed by atoms with E-state index in [1.807, 2.05) is 54.6 Å². The molecule has 0 bridgehead atoms. The van der Waals surface area contributed by atoms with Crippen LogP contribution in [0.4, 0.5) is 13.2 Å². The number of amides is 1. The molecule has 0 unspecified atom stereocenters. The van der Waals surface area contributed by atoms with Crippen LogP contribution in [-0.2, 0) is 11.2 Å². The molecular formula is C22H22F3NO2. The van der Waals surface area contributed by atoms with E-state index < -0.39 is 18.2 Å². The summed E-state index contributed by atoms with van der Waals surface area (Å²) in [6, 6.07) is 17.4. The Bertz CT molecular complexity index is 862. The summed E-state index contributed by atoms with van der Waals surface area (Å²) in [5.41, 5.74) is 3.02. The van der Waals surface area contributed by atoms with E-state index >= 15 is 0 Å². The molecule has 2 fully saturated rings. The number of likely N-dealkylation sites (tertiary alicyclic amines) is 1. The second kappa shape index (κ2) is 6.92. The van der Waals surface area contributed by atoms with Gasteiger partial charge in [-0.1, -0.05) is 54.6 Å². The minimum absolute atomic E-state index is 0.0529. The fraction of sp³-hybridized carbons (Fsp3) is 0.409. The van der Waals surface area contributed by atoms with Crippen molar-refractivity contribution >= 4 is 5.91 Å². The molecule has 3 nitrogen and oxygen atoms in total. The molecule has 6 heteroatoms. The predicted molar refractivity (Wildman–Crippen MR) is 99.4 cm³/mol. The number of alkyl halides is 3. The molecule has 1 N–H and O–H groups in total. The van der Waals surface area contributed by atoms with Crippen LogP contribution in [0.3, 0.4) is 0 Å². The normalized spacial score (nSPS) is 21.7. The minimum atomic E-state index is -4.94. The highest BCUT2D eigenvalue weighted by molar-refractivity contribution is 5.82. The first kappa shape index (κ1) is 19.0. The van der Waals surface area contributed by atoms with Crippen molar-refractivity contribution < 1.29 is 23.1 Å². The zero-order chi connectivity index (χ0) is 19.9. The van der Waals surface area contributed by atoms with Crippen LogP contribution >= 0.6 is 0 Å². The van der Waals surface area contributed by atoms with E-state index in [1.54, 1.807) is 0 Å². The zero-order valence-electron chi connectivity index (χ0n) is 15.3. The first-order valence-corrected chi connectivity index (χ1v) is 9.47. The van der Waals surface area contributed by atoms with Crippen molar-refractivity contribution in [3.05, 3.63) is 60.2 Å². The van der Waals surface area contributed by atoms with Crippen molar-refractivity contribution in [2.75, 3.05) is 6.54 Å². The van der Waals surface area contributed by atoms with Gasteiger partial charge in [0, 0.05) is 12.6 Å². The fourth-order valence-corrected chi connectivity index (χ4v) is 4.22. The van der Waals surface area contributed by atoms with Gasteiger partial charge in [-0.2, -0.15) is 13.2 Å². The third kappa shape index (κ3) is 3.78. The molecular weight excluding hydrogens is 367 g/mol. The topological polar surface area (TPSA) is 40.5 Å². The summed E-state index contributed by atoms with van der Waals surface area (Å²) in [6.07, 6.45) is -4.84. The highest BCUT2D eigenvalue weighted by atomic mass is 19.4. The van der Waals surface area contributed by atoms with Gasteiger partial charge in [0.2, 0.25) is 6.10 Å². The monoisotopic (exact) mass is 389 g/mol. The molecule has 0 radical (unpaired) electrons. The van der Waals surface area contributed by atoms with E-state index in [2.05, 4.69) is 0 Å². The van der Waals surface area contributed by atoms with E-state index in [9.17, 15) is 23.1 Å². The van der Waals surface area contributed by atoms with Gasteiger partial charge < -0.3 is 10.0 Å². The van der Waals surface area contributed by atoms with E-state index in [0.717, 1.165) is 29.5 Å². The van der Waals surface area contributed by atoms with Crippen LogP contribution in [0, 0.1) is 5.41 Å². The molecule has 1 saturated carbocycles. The third-order valence-electron chi connectivity index (χ3n) is 5.90. The number of carbonyl (C=O) groups is 1. The average Bonchev–Trinajstić information content (AvgIpc) is 3.34. The van der Waals surface area contributed by atoms with Crippen LogP contribution in [0.5, 0.6) is 0 Å². The Hall–Kier alpha value is -2.34. The second-order valence-electron chi connectivity index (χ2n) is 8.04. The van der Waals surface area contributed by atoms with Gasteiger partial charge in [0.25, 0.3) is 5.91 Å². The molecule has 1 aliphatic heterocycles. The summed E-state index contributed by atoms with van der Waals surface area (Å²) in [4.78, 5) is 13.6.